The summed E-state index contributed by atoms with van der Waals surface area (Å²) in [5.41, 5.74) is 5.66. The SMILES string of the molecule is N[C@H]1CC[C@H]2CCC[C@@H](C(=O)O)N2C1=O. The maximum absolute atomic E-state index is 11.8. The Balaban J connectivity index is 2.21. The van der Waals surface area contributed by atoms with Crippen LogP contribution in [0.1, 0.15) is 32.1 Å². The number of nitrogens with two attached hydrogens (primary N) is 1. The van der Waals surface area contributed by atoms with Gasteiger partial charge < -0.3 is 15.7 Å². The number of hydrogen-bond acceptors (Lipinski definition) is 3. The normalized spacial score (nSPS) is 36.2. The van der Waals surface area contributed by atoms with Crippen LogP contribution in [0, 0.1) is 0 Å². The summed E-state index contributed by atoms with van der Waals surface area (Å²) in [6, 6.07) is -1.05. The minimum absolute atomic E-state index is 0.104. The number of amides is 1. The average molecular weight is 212 g/mol. The van der Waals surface area contributed by atoms with Crippen molar-refractivity contribution in [2.24, 2.45) is 5.73 Å². The van der Waals surface area contributed by atoms with Crippen molar-refractivity contribution in [1.82, 2.24) is 4.90 Å². The minimum atomic E-state index is -0.901. The zero-order valence-electron chi connectivity index (χ0n) is 8.56. The van der Waals surface area contributed by atoms with Crippen LogP contribution in [0.5, 0.6) is 0 Å². The lowest BCUT2D eigenvalue weighted by molar-refractivity contribution is -0.158. The molecule has 0 aromatic carbocycles. The van der Waals surface area contributed by atoms with E-state index in [1.165, 1.54) is 4.90 Å². The third kappa shape index (κ3) is 1.71. The van der Waals surface area contributed by atoms with E-state index in [9.17, 15) is 9.59 Å². The van der Waals surface area contributed by atoms with Gasteiger partial charge in [0.2, 0.25) is 5.91 Å². The summed E-state index contributed by atoms with van der Waals surface area (Å²) in [4.78, 5) is 24.4. The summed E-state index contributed by atoms with van der Waals surface area (Å²) in [5.74, 6) is -1.08. The highest BCUT2D eigenvalue weighted by molar-refractivity contribution is 5.88. The van der Waals surface area contributed by atoms with Crippen LogP contribution in [0.15, 0.2) is 0 Å². The summed E-state index contributed by atoms with van der Waals surface area (Å²) in [5, 5.41) is 9.05. The van der Waals surface area contributed by atoms with Crippen molar-refractivity contribution < 1.29 is 14.7 Å². The first-order chi connectivity index (χ1) is 7.11. The highest BCUT2D eigenvalue weighted by Crippen LogP contribution is 2.30. The van der Waals surface area contributed by atoms with E-state index >= 15 is 0 Å². The minimum Gasteiger partial charge on any atom is -0.480 e. The van der Waals surface area contributed by atoms with E-state index in [4.69, 9.17) is 10.8 Å². The van der Waals surface area contributed by atoms with Crippen molar-refractivity contribution in [2.45, 2.75) is 50.2 Å². The van der Waals surface area contributed by atoms with Crippen LogP contribution in [0.3, 0.4) is 0 Å². The number of carboxylic acids is 1. The van der Waals surface area contributed by atoms with Gasteiger partial charge in [-0.1, -0.05) is 0 Å². The number of fused-ring (bicyclic) bond motifs is 1. The Labute approximate surface area is 88.2 Å². The largest absolute Gasteiger partial charge is 0.480 e. The Morgan fingerprint density at radius 3 is 2.73 bits per heavy atom. The van der Waals surface area contributed by atoms with E-state index in [1.807, 2.05) is 0 Å². The first-order valence-corrected chi connectivity index (χ1v) is 5.42. The van der Waals surface area contributed by atoms with Crippen molar-refractivity contribution >= 4 is 11.9 Å². The number of aliphatic carboxylic acids is 1. The van der Waals surface area contributed by atoms with E-state index in [1.54, 1.807) is 0 Å². The molecule has 5 nitrogen and oxygen atoms in total. The standard InChI is InChI=1S/C10H16N2O3/c11-7-5-4-6-2-1-3-8(10(14)15)12(6)9(7)13/h6-8H,1-5,11H2,(H,14,15)/t6-,7+,8+/m1/s1. The van der Waals surface area contributed by atoms with Crippen LogP contribution in [0.4, 0.5) is 0 Å². The summed E-state index contributed by atoms with van der Waals surface area (Å²) in [6.45, 7) is 0. The van der Waals surface area contributed by atoms with Gasteiger partial charge in [-0.15, -0.1) is 0 Å². The molecule has 2 rings (SSSR count). The molecule has 0 aromatic heterocycles. The Morgan fingerprint density at radius 1 is 1.33 bits per heavy atom. The molecule has 0 bridgehead atoms. The lowest BCUT2D eigenvalue weighted by Gasteiger charge is -2.44. The molecule has 84 valence electrons. The van der Waals surface area contributed by atoms with Gasteiger partial charge in [-0.05, 0) is 32.1 Å². The van der Waals surface area contributed by atoms with Gasteiger partial charge in [0.05, 0.1) is 6.04 Å². The molecule has 15 heavy (non-hydrogen) atoms. The zero-order chi connectivity index (χ0) is 11.0. The van der Waals surface area contributed by atoms with E-state index in [0.29, 0.717) is 12.8 Å². The van der Waals surface area contributed by atoms with Gasteiger partial charge in [-0.2, -0.15) is 0 Å². The summed E-state index contributed by atoms with van der Waals surface area (Å²) in [7, 11) is 0. The molecular weight excluding hydrogens is 196 g/mol. The quantitative estimate of drug-likeness (QED) is 0.638. The van der Waals surface area contributed by atoms with Crippen molar-refractivity contribution in [1.29, 1.82) is 0 Å². The molecular formula is C10H16N2O3. The molecule has 0 unspecified atom stereocenters. The molecule has 2 aliphatic rings. The summed E-state index contributed by atoms with van der Waals surface area (Å²) in [6.07, 6.45) is 3.90. The highest BCUT2D eigenvalue weighted by atomic mass is 16.4. The number of carbonyl (C=O) groups excluding carboxylic acids is 1. The number of hydrogen-bond donors (Lipinski definition) is 2. The number of carboxylic acid groups (broad SMARTS) is 1. The van der Waals surface area contributed by atoms with Crippen LogP contribution >= 0.6 is 0 Å². The first-order valence-electron chi connectivity index (χ1n) is 5.42. The Kier molecular flexibility index (Phi) is 2.65. The van der Waals surface area contributed by atoms with Crippen molar-refractivity contribution in [2.75, 3.05) is 0 Å². The monoisotopic (exact) mass is 212 g/mol. The second kappa shape index (κ2) is 3.81. The molecule has 2 aliphatic heterocycles. The Bertz CT molecular complexity index is 292. The number of nitrogens with zero attached hydrogens (tertiary/aromatic N) is 1. The molecule has 0 spiro atoms. The van der Waals surface area contributed by atoms with E-state index in [-0.39, 0.29) is 11.9 Å². The molecule has 2 saturated heterocycles. The molecule has 0 aromatic rings. The molecule has 0 radical (unpaired) electrons. The molecule has 0 saturated carbocycles. The predicted molar refractivity (Wildman–Crippen MR) is 53.1 cm³/mol. The van der Waals surface area contributed by atoms with E-state index in [2.05, 4.69) is 0 Å². The lowest BCUT2D eigenvalue weighted by Crippen LogP contribution is -2.60. The van der Waals surface area contributed by atoms with Crippen LogP contribution in [0.2, 0.25) is 0 Å². The van der Waals surface area contributed by atoms with E-state index < -0.39 is 18.1 Å². The summed E-state index contributed by atoms with van der Waals surface area (Å²) >= 11 is 0. The number of carbonyl (C=O) groups is 2. The van der Waals surface area contributed by atoms with Crippen molar-refractivity contribution in [3.8, 4) is 0 Å². The van der Waals surface area contributed by atoms with Gasteiger partial charge in [0.1, 0.15) is 6.04 Å². The number of rotatable bonds is 1. The average Bonchev–Trinajstić information content (AvgIpc) is 2.23. The third-order valence-corrected chi connectivity index (χ3v) is 3.41. The van der Waals surface area contributed by atoms with Crippen LogP contribution in [0.25, 0.3) is 0 Å². The number of piperidine rings is 2. The highest BCUT2D eigenvalue weighted by Gasteiger charge is 2.42. The predicted octanol–water partition coefficient (Wildman–Crippen LogP) is -0.0582. The van der Waals surface area contributed by atoms with E-state index in [0.717, 1.165) is 19.3 Å². The van der Waals surface area contributed by atoms with Gasteiger partial charge in [-0.3, -0.25) is 4.79 Å². The van der Waals surface area contributed by atoms with Gasteiger partial charge in [0.25, 0.3) is 0 Å². The second-order valence-corrected chi connectivity index (χ2v) is 4.37. The Morgan fingerprint density at radius 2 is 2.07 bits per heavy atom. The molecule has 5 heteroatoms. The topological polar surface area (TPSA) is 83.6 Å². The van der Waals surface area contributed by atoms with Crippen LogP contribution in [-0.2, 0) is 9.59 Å². The fourth-order valence-electron chi connectivity index (χ4n) is 2.63. The molecule has 3 N–H and O–H groups in total. The van der Waals surface area contributed by atoms with Crippen LogP contribution in [-0.4, -0.2) is 40.0 Å². The fraction of sp³-hybridized carbons (Fsp3) is 0.800. The fourth-order valence-corrected chi connectivity index (χ4v) is 2.63. The van der Waals surface area contributed by atoms with Gasteiger partial charge >= 0.3 is 5.97 Å². The van der Waals surface area contributed by atoms with Gasteiger partial charge in [0.15, 0.2) is 0 Å². The maximum Gasteiger partial charge on any atom is 0.326 e. The third-order valence-electron chi connectivity index (χ3n) is 3.41. The van der Waals surface area contributed by atoms with Gasteiger partial charge in [-0.25, -0.2) is 4.79 Å². The molecule has 3 atom stereocenters. The molecule has 1 amide bonds. The summed E-state index contributed by atoms with van der Waals surface area (Å²) < 4.78 is 0. The smallest absolute Gasteiger partial charge is 0.326 e. The first kappa shape index (κ1) is 10.4. The zero-order valence-corrected chi connectivity index (χ0v) is 8.56. The molecule has 2 heterocycles. The molecule has 0 aliphatic carbocycles. The molecule has 2 fully saturated rings. The lowest BCUT2D eigenvalue weighted by atomic mass is 9.87. The van der Waals surface area contributed by atoms with Gasteiger partial charge in [0, 0.05) is 6.04 Å². The maximum atomic E-state index is 11.8. The van der Waals surface area contributed by atoms with Crippen molar-refractivity contribution in [3.05, 3.63) is 0 Å². The van der Waals surface area contributed by atoms with Crippen molar-refractivity contribution in [3.63, 3.8) is 0 Å². The Hall–Kier alpha value is -1.10. The second-order valence-electron chi connectivity index (χ2n) is 4.37. The van der Waals surface area contributed by atoms with Crippen LogP contribution < -0.4 is 5.73 Å².